The minimum atomic E-state index is -4.03. The predicted molar refractivity (Wildman–Crippen MR) is 192 cm³/mol. The molecule has 2 fully saturated rings. The number of rotatable bonds is 5. The number of sulfonamides is 1. The molecule has 2 aromatic rings. The van der Waals surface area contributed by atoms with Gasteiger partial charge in [0, 0.05) is 25.2 Å². The standard InChI is InChI=1S/C38H51ClFN3O5S/c1-4-27-22-36(48-20-18-42-16-6-7-17-42)31-13-10-29(31)23-43-24-30-11-14-33(39)37(40)32(30)9-5-8-19-47-35-15-12-28(21-34(35)43)38(44)41-49(45,46)26(3)25(27)2/h4,11-12,14-15,21,25-27,29,31,36H,1,5-10,13,16-20,22-24H2,2-3H3,(H,41,44)/t25-,26-,27+,29+,31-,36+/m1/s1. The van der Waals surface area contributed by atoms with Gasteiger partial charge in [-0.2, -0.15) is 0 Å². The number of nitrogens with zero attached hydrogens (tertiary/aromatic N) is 2. The minimum absolute atomic E-state index is 0.0871. The summed E-state index contributed by atoms with van der Waals surface area (Å²) in [5.74, 6) is -0.389. The molecule has 1 amide bonds. The van der Waals surface area contributed by atoms with Crippen molar-refractivity contribution < 1.29 is 27.1 Å². The van der Waals surface area contributed by atoms with Crippen LogP contribution in [0.1, 0.15) is 80.3 Å². The van der Waals surface area contributed by atoms with Crippen LogP contribution >= 0.6 is 11.6 Å². The predicted octanol–water partition coefficient (Wildman–Crippen LogP) is 7.00. The molecule has 0 aromatic heterocycles. The van der Waals surface area contributed by atoms with E-state index >= 15 is 4.39 Å². The van der Waals surface area contributed by atoms with Gasteiger partial charge in [-0.05, 0) is 130 Å². The van der Waals surface area contributed by atoms with Crippen molar-refractivity contribution in [1.82, 2.24) is 9.62 Å². The van der Waals surface area contributed by atoms with Crippen LogP contribution in [0.4, 0.5) is 10.1 Å². The van der Waals surface area contributed by atoms with Crippen LogP contribution in [-0.4, -0.2) is 70.0 Å². The quantitative estimate of drug-likeness (QED) is 0.334. The lowest BCUT2D eigenvalue weighted by Gasteiger charge is -2.46. The molecule has 3 heterocycles. The summed E-state index contributed by atoms with van der Waals surface area (Å²) < 4.78 is 58.3. The first-order valence-electron chi connectivity index (χ1n) is 18.1. The lowest BCUT2D eigenvalue weighted by molar-refractivity contribution is -0.0578. The molecule has 4 aliphatic rings. The third-order valence-corrected chi connectivity index (χ3v) is 13.8. The van der Waals surface area contributed by atoms with Crippen molar-refractivity contribution in [1.29, 1.82) is 0 Å². The lowest BCUT2D eigenvalue weighted by atomic mass is 9.68. The first kappa shape index (κ1) is 36.1. The molecule has 0 unspecified atom stereocenters. The Balaban J connectivity index is 1.41. The van der Waals surface area contributed by atoms with Gasteiger partial charge in [0.05, 0.1) is 35.3 Å². The normalized spacial score (nSPS) is 29.5. The van der Waals surface area contributed by atoms with Crippen molar-refractivity contribution in [3.63, 3.8) is 0 Å². The first-order valence-corrected chi connectivity index (χ1v) is 20.0. The van der Waals surface area contributed by atoms with E-state index in [2.05, 4.69) is 21.1 Å². The fourth-order valence-corrected chi connectivity index (χ4v) is 9.63. The highest BCUT2D eigenvalue weighted by atomic mass is 35.5. The summed E-state index contributed by atoms with van der Waals surface area (Å²) in [5.41, 5.74) is 2.35. The average molecular weight is 716 g/mol. The van der Waals surface area contributed by atoms with Crippen molar-refractivity contribution in [3.05, 3.63) is 70.5 Å². The summed E-state index contributed by atoms with van der Waals surface area (Å²) in [5, 5.41) is -0.735. The van der Waals surface area contributed by atoms with Crippen molar-refractivity contribution >= 4 is 33.2 Å². The maximum absolute atomic E-state index is 15.5. The van der Waals surface area contributed by atoms with E-state index in [9.17, 15) is 13.2 Å². The number of nitrogens with one attached hydrogen (secondary N) is 1. The van der Waals surface area contributed by atoms with Gasteiger partial charge in [0.15, 0.2) is 0 Å². The summed E-state index contributed by atoms with van der Waals surface area (Å²) in [7, 11) is -4.03. The Bertz CT molecular complexity index is 1620. The number of carbonyl (C=O) groups excluding carboxylic acids is 1. The molecule has 2 bridgehead atoms. The van der Waals surface area contributed by atoms with Gasteiger partial charge >= 0.3 is 0 Å². The molecular formula is C38H51ClFN3O5S. The van der Waals surface area contributed by atoms with Crippen LogP contribution in [-0.2, 0) is 27.7 Å². The van der Waals surface area contributed by atoms with E-state index in [1.807, 2.05) is 19.1 Å². The molecule has 3 aliphatic heterocycles. The van der Waals surface area contributed by atoms with Gasteiger partial charge < -0.3 is 19.3 Å². The number of likely N-dealkylation sites (tertiary alicyclic amines) is 1. The van der Waals surface area contributed by atoms with Gasteiger partial charge in [0.2, 0.25) is 10.0 Å². The second kappa shape index (κ2) is 15.7. The van der Waals surface area contributed by atoms with E-state index in [1.54, 1.807) is 31.2 Å². The Morgan fingerprint density at radius 2 is 1.92 bits per heavy atom. The number of halogens is 2. The van der Waals surface area contributed by atoms with E-state index in [4.69, 9.17) is 21.1 Å². The number of ether oxygens (including phenoxy) is 2. The van der Waals surface area contributed by atoms with Gasteiger partial charge in [0.25, 0.3) is 5.91 Å². The fourth-order valence-electron chi connectivity index (χ4n) is 8.12. The van der Waals surface area contributed by atoms with Crippen molar-refractivity contribution in [2.75, 3.05) is 44.3 Å². The zero-order valence-corrected chi connectivity index (χ0v) is 30.4. The number of hydrogen-bond donors (Lipinski definition) is 1. The second-order valence-corrected chi connectivity index (χ2v) is 16.9. The third kappa shape index (κ3) is 8.13. The van der Waals surface area contributed by atoms with E-state index in [1.165, 1.54) is 12.8 Å². The molecule has 2 aromatic carbocycles. The highest BCUT2D eigenvalue weighted by molar-refractivity contribution is 7.90. The fraction of sp³-hybridized carbons (Fsp3) is 0.605. The molecule has 1 N–H and O–H groups in total. The summed E-state index contributed by atoms with van der Waals surface area (Å²) >= 11 is 6.27. The van der Waals surface area contributed by atoms with E-state index in [0.717, 1.165) is 44.5 Å². The molecule has 6 atom stereocenters. The molecule has 8 nitrogen and oxygen atoms in total. The van der Waals surface area contributed by atoms with Gasteiger partial charge in [-0.1, -0.05) is 30.7 Å². The van der Waals surface area contributed by atoms with Crippen molar-refractivity contribution in [2.45, 2.75) is 83.1 Å². The van der Waals surface area contributed by atoms with E-state index < -0.39 is 21.2 Å². The monoisotopic (exact) mass is 715 g/mol. The number of carbonyl (C=O) groups is 1. The van der Waals surface area contributed by atoms with Crippen LogP contribution in [0, 0.1) is 29.5 Å². The van der Waals surface area contributed by atoms with Gasteiger partial charge in [0.1, 0.15) is 11.6 Å². The number of allylic oxidation sites excluding steroid dienone is 1. The van der Waals surface area contributed by atoms with Crippen LogP contribution in [0.5, 0.6) is 5.75 Å². The average Bonchev–Trinajstić information content (AvgIpc) is 3.58. The number of benzene rings is 2. The molecule has 6 rings (SSSR count). The lowest BCUT2D eigenvalue weighted by Crippen LogP contribution is -2.46. The Hall–Kier alpha value is -2.66. The van der Waals surface area contributed by atoms with Crippen LogP contribution in [0.25, 0.3) is 0 Å². The van der Waals surface area contributed by atoms with Crippen LogP contribution in [0.3, 0.4) is 0 Å². The highest BCUT2D eigenvalue weighted by Gasteiger charge is 2.42. The van der Waals surface area contributed by atoms with Crippen LogP contribution in [0.2, 0.25) is 5.02 Å². The summed E-state index contributed by atoms with van der Waals surface area (Å²) in [6.07, 6.45) is 8.85. The molecule has 1 aliphatic carbocycles. The number of hydrogen-bond acceptors (Lipinski definition) is 7. The second-order valence-electron chi connectivity index (χ2n) is 14.5. The maximum Gasteiger partial charge on any atom is 0.264 e. The van der Waals surface area contributed by atoms with Gasteiger partial charge in [-0.25, -0.2) is 17.5 Å². The van der Waals surface area contributed by atoms with Crippen LogP contribution < -0.4 is 14.4 Å². The van der Waals surface area contributed by atoms with Gasteiger partial charge in [-0.15, -0.1) is 6.58 Å². The Morgan fingerprint density at radius 1 is 1.12 bits per heavy atom. The molecule has 49 heavy (non-hydrogen) atoms. The molecule has 1 saturated carbocycles. The molecule has 0 spiro atoms. The van der Waals surface area contributed by atoms with Crippen LogP contribution in [0.15, 0.2) is 43.0 Å². The zero-order chi connectivity index (χ0) is 34.7. The topological polar surface area (TPSA) is 88.2 Å². The number of fused-ring (bicyclic) bond motifs is 3. The highest BCUT2D eigenvalue weighted by Crippen LogP contribution is 2.44. The molecular weight excluding hydrogens is 665 g/mol. The summed E-state index contributed by atoms with van der Waals surface area (Å²) in [4.78, 5) is 18.3. The smallest absolute Gasteiger partial charge is 0.264 e. The number of anilines is 1. The molecule has 11 heteroatoms. The minimum Gasteiger partial charge on any atom is -0.491 e. The molecule has 1 saturated heterocycles. The van der Waals surface area contributed by atoms with Gasteiger partial charge in [-0.3, -0.25) is 4.79 Å². The SMILES string of the molecule is C=C[C@H]1C[C@H](OCCN2CCCC2)[C@@H]2CC[C@H]2CN2Cc3ccc(Cl)c(F)c3CCCCOc3ccc(cc32)C(=O)NS(=O)(=O)[C@H](C)[C@H]1C. The maximum atomic E-state index is 15.5. The zero-order valence-electron chi connectivity index (χ0n) is 28.8. The van der Waals surface area contributed by atoms with E-state index in [0.29, 0.717) is 62.6 Å². The Morgan fingerprint density at radius 3 is 2.65 bits per heavy atom. The summed E-state index contributed by atoms with van der Waals surface area (Å²) in [6, 6.07) is 8.61. The Kier molecular flexibility index (Phi) is 11.6. The number of amides is 1. The van der Waals surface area contributed by atoms with Crippen molar-refractivity contribution in [3.8, 4) is 5.75 Å². The Labute approximate surface area is 296 Å². The largest absolute Gasteiger partial charge is 0.491 e. The first-order chi connectivity index (χ1) is 23.6. The van der Waals surface area contributed by atoms with Crippen molar-refractivity contribution in [2.24, 2.45) is 23.7 Å². The summed E-state index contributed by atoms with van der Waals surface area (Å²) in [6.45, 7) is 12.9. The third-order valence-electron chi connectivity index (χ3n) is 11.6. The molecule has 268 valence electrons. The molecule has 0 radical (unpaired) electrons. The van der Waals surface area contributed by atoms with E-state index in [-0.39, 0.29) is 46.2 Å².